The van der Waals surface area contributed by atoms with Gasteiger partial charge in [-0.05, 0) is 13.0 Å². The number of nitrogens with zero attached hydrogens (tertiary/aromatic N) is 2. The lowest BCUT2D eigenvalue weighted by atomic mass is 10.1. The van der Waals surface area contributed by atoms with Crippen molar-refractivity contribution in [2.75, 3.05) is 18.5 Å². The summed E-state index contributed by atoms with van der Waals surface area (Å²) >= 11 is 0. The van der Waals surface area contributed by atoms with Gasteiger partial charge >= 0.3 is 0 Å². The molecule has 94 valence electrons. The van der Waals surface area contributed by atoms with Crippen LogP contribution in [0.15, 0.2) is 23.0 Å². The summed E-state index contributed by atoms with van der Waals surface area (Å²) in [5.74, 6) is 1.58. The number of nitrogens with one attached hydrogen (secondary N) is 1. The van der Waals surface area contributed by atoms with E-state index in [2.05, 4.69) is 22.2 Å². The molecule has 0 unspecified atom stereocenters. The first-order chi connectivity index (χ1) is 8.88. The molecule has 2 aromatic rings. The van der Waals surface area contributed by atoms with Crippen LogP contribution in [0.3, 0.4) is 0 Å². The van der Waals surface area contributed by atoms with Crippen molar-refractivity contribution in [2.24, 2.45) is 0 Å². The van der Waals surface area contributed by atoms with Crippen molar-refractivity contribution >= 4 is 5.82 Å². The van der Waals surface area contributed by atoms with E-state index < -0.39 is 0 Å². The van der Waals surface area contributed by atoms with E-state index >= 15 is 0 Å². The highest BCUT2D eigenvalue weighted by molar-refractivity contribution is 5.59. The summed E-state index contributed by atoms with van der Waals surface area (Å²) < 4.78 is 10.6. The zero-order valence-electron chi connectivity index (χ0n) is 10.3. The van der Waals surface area contributed by atoms with E-state index in [4.69, 9.17) is 9.15 Å². The second-order valence-electron chi connectivity index (χ2n) is 4.17. The normalized spacial score (nSPS) is 14.3. The van der Waals surface area contributed by atoms with Crippen molar-refractivity contribution in [2.45, 2.75) is 20.0 Å². The van der Waals surface area contributed by atoms with Gasteiger partial charge < -0.3 is 14.5 Å². The highest BCUT2D eigenvalue weighted by atomic mass is 16.5. The molecular weight excluding hydrogens is 230 g/mol. The maximum absolute atomic E-state index is 5.47. The summed E-state index contributed by atoms with van der Waals surface area (Å²) in [7, 11) is 0. The van der Waals surface area contributed by atoms with Crippen LogP contribution < -0.4 is 5.32 Å². The minimum atomic E-state index is 0.587. The van der Waals surface area contributed by atoms with Crippen LogP contribution in [0.5, 0.6) is 0 Å². The molecule has 0 bridgehead atoms. The first-order valence-electron chi connectivity index (χ1n) is 6.12. The second kappa shape index (κ2) is 4.78. The third kappa shape index (κ3) is 1.97. The summed E-state index contributed by atoms with van der Waals surface area (Å²) in [6.45, 7) is 4.19. The van der Waals surface area contributed by atoms with Crippen molar-refractivity contribution < 1.29 is 9.15 Å². The van der Waals surface area contributed by atoms with Gasteiger partial charge in [0.2, 0.25) is 0 Å². The van der Waals surface area contributed by atoms with Crippen molar-refractivity contribution in [1.82, 2.24) is 9.97 Å². The second-order valence-corrected chi connectivity index (χ2v) is 4.17. The van der Waals surface area contributed by atoms with Crippen LogP contribution in [0, 0.1) is 0 Å². The van der Waals surface area contributed by atoms with Crippen LogP contribution >= 0.6 is 0 Å². The van der Waals surface area contributed by atoms with E-state index in [1.165, 1.54) is 0 Å². The monoisotopic (exact) mass is 245 g/mol. The fraction of sp³-hybridized carbons (Fsp3) is 0.385. The highest BCUT2D eigenvalue weighted by Gasteiger charge is 2.18. The van der Waals surface area contributed by atoms with Gasteiger partial charge in [0.25, 0.3) is 0 Å². The minimum absolute atomic E-state index is 0.587. The van der Waals surface area contributed by atoms with Gasteiger partial charge in [-0.1, -0.05) is 0 Å². The first-order valence-corrected chi connectivity index (χ1v) is 6.12. The molecule has 2 aromatic heterocycles. The largest absolute Gasteiger partial charge is 0.472 e. The Balaban J connectivity index is 2.09. The molecule has 0 amide bonds. The number of rotatable bonds is 3. The Morgan fingerprint density at radius 2 is 2.33 bits per heavy atom. The molecule has 0 spiro atoms. The van der Waals surface area contributed by atoms with E-state index in [9.17, 15) is 0 Å². The quantitative estimate of drug-likeness (QED) is 0.898. The van der Waals surface area contributed by atoms with Crippen molar-refractivity contribution in [3.05, 3.63) is 29.9 Å². The number of hydrogen-bond acceptors (Lipinski definition) is 5. The van der Waals surface area contributed by atoms with Crippen LogP contribution in [0.2, 0.25) is 0 Å². The third-order valence-electron chi connectivity index (χ3n) is 2.95. The van der Waals surface area contributed by atoms with Crippen molar-refractivity contribution in [3.63, 3.8) is 0 Å². The van der Waals surface area contributed by atoms with E-state index in [0.717, 1.165) is 42.2 Å². The summed E-state index contributed by atoms with van der Waals surface area (Å²) in [4.78, 5) is 9.16. The average Bonchev–Trinajstić information content (AvgIpc) is 2.93. The molecule has 3 heterocycles. The van der Waals surface area contributed by atoms with Crippen LogP contribution in [-0.2, 0) is 17.8 Å². The molecule has 0 radical (unpaired) electrons. The molecule has 0 aliphatic carbocycles. The van der Waals surface area contributed by atoms with Crippen molar-refractivity contribution in [3.8, 4) is 11.4 Å². The van der Waals surface area contributed by atoms with Crippen molar-refractivity contribution in [1.29, 1.82) is 0 Å². The van der Waals surface area contributed by atoms with Crippen LogP contribution in [0.1, 0.15) is 18.2 Å². The molecule has 1 aliphatic heterocycles. The standard InChI is InChI=1S/C13H15N3O2/c1-2-14-13-10-8-18-6-4-11(10)15-12(16-13)9-3-5-17-7-9/h3,5,7H,2,4,6,8H2,1H3,(H,14,15,16). The summed E-state index contributed by atoms with van der Waals surface area (Å²) in [6, 6.07) is 1.87. The molecule has 3 rings (SSSR count). The van der Waals surface area contributed by atoms with E-state index in [0.29, 0.717) is 12.4 Å². The lowest BCUT2D eigenvalue weighted by molar-refractivity contribution is 0.109. The molecule has 0 fully saturated rings. The van der Waals surface area contributed by atoms with Crippen LogP contribution in [0.25, 0.3) is 11.4 Å². The Bertz CT molecular complexity index is 537. The Labute approximate surface area is 105 Å². The molecular formula is C13H15N3O2. The number of aromatic nitrogens is 2. The fourth-order valence-electron chi connectivity index (χ4n) is 2.07. The fourth-order valence-corrected chi connectivity index (χ4v) is 2.07. The van der Waals surface area contributed by atoms with Gasteiger partial charge in [0.05, 0.1) is 30.7 Å². The van der Waals surface area contributed by atoms with Crippen LogP contribution in [-0.4, -0.2) is 23.1 Å². The Kier molecular flexibility index (Phi) is 2.98. The Morgan fingerprint density at radius 3 is 3.11 bits per heavy atom. The van der Waals surface area contributed by atoms with Gasteiger partial charge in [0, 0.05) is 18.5 Å². The Morgan fingerprint density at radius 1 is 1.39 bits per heavy atom. The van der Waals surface area contributed by atoms with E-state index in [-0.39, 0.29) is 0 Å². The molecule has 5 nitrogen and oxygen atoms in total. The van der Waals surface area contributed by atoms with Gasteiger partial charge in [-0.3, -0.25) is 0 Å². The zero-order chi connectivity index (χ0) is 12.4. The molecule has 0 saturated heterocycles. The van der Waals surface area contributed by atoms with Gasteiger partial charge in [0.1, 0.15) is 12.1 Å². The molecule has 1 aliphatic rings. The average molecular weight is 245 g/mol. The van der Waals surface area contributed by atoms with Crippen LogP contribution in [0.4, 0.5) is 5.82 Å². The summed E-state index contributed by atoms with van der Waals surface area (Å²) in [5.41, 5.74) is 3.06. The Hall–Kier alpha value is -1.88. The van der Waals surface area contributed by atoms with Gasteiger partial charge in [0.15, 0.2) is 5.82 Å². The number of fused-ring (bicyclic) bond motifs is 1. The van der Waals surface area contributed by atoms with Gasteiger partial charge in [-0.15, -0.1) is 0 Å². The number of anilines is 1. The number of ether oxygens (including phenoxy) is 1. The zero-order valence-corrected chi connectivity index (χ0v) is 10.3. The van der Waals surface area contributed by atoms with Gasteiger partial charge in [-0.2, -0.15) is 0 Å². The predicted octanol–water partition coefficient (Wildman–Crippen LogP) is 2.24. The maximum Gasteiger partial charge on any atom is 0.165 e. The molecule has 18 heavy (non-hydrogen) atoms. The SMILES string of the molecule is CCNc1nc(-c2ccoc2)nc2c1COCC2. The molecule has 0 aromatic carbocycles. The van der Waals surface area contributed by atoms with Gasteiger partial charge in [-0.25, -0.2) is 9.97 Å². The minimum Gasteiger partial charge on any atom is -0.472 e. The summed E-state index contributed by atoms with van der Waals surface area (Å²) in [5, 5.41) is 3.28. The highest BCUT2D eigenvalue weighted by Crippen LogP contribution is 2.26. The lowest BCUT2D eigenvalue weighted by Gasteiger charge is -2.19. The lowest BCUT2D eigenvalue weighted by Crippen LogP contribution is -2.17. The predicted molar refractivity (Wildman–Crippen MR) is 67.3 cm³/mol. The smallest absolute Gasteiger partial charge is 0.165 e. The number of furan rings is 1. The van der Waals surface area contributed by atoms with E-state index in [1.54, 1.807) is 12.5 Å². The number of hydrogen-bond donors (Lipinski definition) is 1. The topological polar surface area (TPSA) is 60.2 Å². The maximum atomic E-state index is 5.47. The third-order valence-corrected chi connectivity index (χ3v) is 2.95. The van der Waals surface area contributed by atoms with E-state index in [1.807, 2.05) is 6.07 Å². The molecule has 1 N–H and O–H groups in total. The molecule has 0 atom stereocenters. The molecule has 5 heteroatoms. The summed E-state index contributed by atoms with van der Waals surface area (Å²) in [6.07, 6.45) is 4.13. The molecule has 0 saturated carbocycles. The first kappa shape index (κ1) is 11.2.